The van der Waals surface area contributed by atoms with E-state index >= 15 is 0 Å². The Hall–Kier alpha value is -3.77. The molecule has 0 aliphatic carbocycles. The van der Waals surface area contributed by atoms with E-state index in [9.17, 15) is 4.79 Å². The zero-order chi connectivity index (χ0) is 22.7. The Labute approximate surface area is 190 Å². The van der Waals surface area contributed by atoms with Crippen molar-refractivity contribution in [1.82, 2.24) is 39.9 Å². The SMILES string of the molecule is C[n+]1c[nH]c2nc[nH]c(=O)c21.C[n+]1c[nH]c2ncnc(Cl)c21.Clc1ncnc2c1N=CC2. The molecule has 0 spiro atoms. The Morgan fingerprint density at radius 3 is 2.19 bits per heavy atom. The lowest BCUT2D eigenvalue weighted by molar-refractivity contribution is -0.645. The maximum absolute atomic E-state index is 11.1. The highest BCUT2D eigenvalue weighted by Crippen LogP contribution is 2.28. The van der Waals surface area contributed by atoms with Gasteiger partial charge in [0.05, 0.1) is 26.1 Å². The van der Waals surface area contributed by atoms with Crippen LogP contribution in [0.3, 0.4) is 0 Å². The second kappa shape index (κ2) is 9.16. The van der Waals surface area contributed by atoms with Crippen molar-refractivity contribution in [3.05, 3.63) is 58.0 Å². The number of H-pyrrole nitrogens is 3. The summed E-state index contributed by atoms with van der Waals surface area (Å²) in [5.74, 6) is 0. The van der Waals surface area contributed by atoms with E-state index in [0.717, 1.165) is 29.0 Å². The summed E-state index contributed by atoms with van der Waals surface area (Å²) in [6.07, 6.45) is 10.3. The molecule has 0 bridgehead atoms. The minimum absolute atomic E-state index is 0.126. The number of aromatic nitrogens is 10. The van der Waals surface area contributed by atoms with E-state index in [1.165, 1.54) is 19.0 Å². The van der Waals surface area contributed by atoms with Gasteiger partial charge in [-0.1, -0.05) is 23.2 Å². The van der Waals surface area contributed by atoms with Crippen LogP contribution < -0.4 is 14.7 Å². The number of imidazole rings is 2. The number of hydrogen-bond acceptors (Lipinski definition) is 7. The van der Waals surface area contributed by atoms with E-state index in [-0.39, 0.29) is 5.56 Å². The minimum Gasteiger partial charge on any atom is -0.309 e. The molecule has 0 radical (unpaired) electrons. The van der Waals surface area contributed by atoms with Gasteiger partial charge >= 0.3 is 5.56 Å². The van der Waals surface area contributed by atoms with Crippen molar-refractivity contribution >= 4 is 57.4 Å². The summed E-state index contributed by atoms with van der Waals surface area (Å²) in [4.78, 5) is 43.0. The third-order valence-electron chi connectivity index (χ3n) is 4.46. The molecule has 6 heterocycles. The number of aryl methyl sites for hydroxylation is 2. The van der Waals surface area contributed by atoms with Crippen molar-refractivity contribution in [3.8, 4) is 0 Å². The Bertz CT molecular complexity index is 1490. The number of nitrogens with one attached hydrogen (secondary N) is 3. The van der Waals surface area contributed by atoms with Crippen LogP contribution >= 0.6 is 23.2 Å². The van der Waals surface area contributed by atoms with Crippen molar-refractivity contribution < 1.29 is 9.13 Å². The molecule has 0 saturated carbocycles. The van der Waals surface area contributed by atoms with Gasteiger partial charge in [-0.3, -0.25) is 9.79 Å². The van der Waals surface area contributed by atoms with E-state index in [1.807, 2.05) is 11.6 Å². The molecule has 162 valence electrons. The second-order valence-corrected chi connectivity index (χ2v) is 7.25. The number of aromatic amines is 3. The van der Waals surface area contributed by atoms with Crippen molar-refractivity contribution in [1.29, 1.82) is 0 Å². The van der Waals surface area contributed by atoms with Gasteiger partial charge in [0.1, 0.15) is 18.3 Å². The van der Waals surface area contributed by atoms with Crippen LogP contribution in [-0.4, -0.2) is 46.1 Å². The van der Waals surface area contributed by atoms with E-state index < -0.39 is 0 Å². The first-order chi connectivity index (χ1) is 15.5. The van der Waals surface area contributed by atoms with E-state index in [1.54, 1.807) is 30.5 Å². The zero-order valence-corrected chi connectivity index (χ0v) is 18.4. The summed E-state index contributed by atoms with van der Waals surface area (Å²) in [5, 5.41) is 0.914. The molecule has 0 unspecified atom stereocenters. The predicted octanol–water partition coefficient (Wildman–Crippen LogP) is 0.900. The number of aliphatic imine (C=N–C) groups is 1. The Morgan fingerprint density at radius 2 is 1.50 bits per heavy atom. The van der Waals surface area contributed by atoms with Crippen molar-refractivity contribution in [2.75, 3.05) is 0 Å². The van der Waals surface area contributed by atoms with E-state index in [2.05, 4.69) is 44.9 Å². The topological polar surface area (TPSA) is 149 Å². The molecule has 0 aromatic carbocycles. The second-order valence-electron chi connectivity index (χ2n) is 6.53. The lowest BCUT2D eigenvalue weighted by Gasteiger charge is -1.94. The fourth-order valence-electron chi connectivity index (χ4n) is 2.94. The third kappa shape index (κ3) is 4.31. The standard InChI is InChI=1S/C6H5ClN4.C6H4ClN3.C6H6N4O/c1-11-3-10-6-4(11)5(7)8-2-9-6;7-6-5-4(1-2-8-5)9-3-10-6;1-10-3-9-5-4(10)6(11)8-2-7-5/h2-3H,1H3;2-3H,1H2;2-3H,1H3,(H,7,8,11)/p+2. The number of fused-ring (bicyclic) bond motifs is 3. The highest BCUT2D eigenvalue weighted by molar-refractivity contribution is 6.33. The van der Waals surface area contributed by atoms with Gasteiger partial charge in [-0.2, -0.15) is 9.97 Å². The summed E-state index contributed by atoms with van der Waals surface area (Å²) >= 11 is 11.5. The van der Waals surface area contributed by atoms with Gasteiger partial charge < -0.3 is 4.98 Å². The summed E-state index contributed by atoms with van der Waals surface area (Å²) < 4.78 is 3.54. The van der Waals surface area contributed by atoms with Crippen LogP contribution in [0.2, 0.25) is 10.3 Å². The van der Waals surface area contributed by atoms with Crippen LogP contribution in [0.25, 0.3) is 22.3 Å². The van der Waals surface area contributed by atoms with Gasteiger partial charge in [-0.05, 0) is 0 Å². The van der Waals surface area contributed by atoms with Crippen LogP contribution in [-0.2, 0) is 20.5 Å². The van der Waals surface area contributed by atoms with Gasteiger partial charge in [0.15, 0.2) is 10.3 Å². The maximum atomic E-state index is 11.1. The third-order valence-corrected chi connectivity index (χ3v) is 5.01. The summed E-state index contributed by atoms with van der Waals surface area (Å²) in [7, 11) is 3.67. The number of halogens is 2. The first-order valence-corrected chi connectivity index (χ1v) is 9.96. The Kier molecular flexibility index (Phi) is 6.14. The summed E-state index contributed by atoms with van der Waals surface area (Å²) in [6.45, 7) is 0. The van der Waals surface area contributed by atoms with Crippen molar-refractivity contribution in [2.45, 2.75) is 6.42 Å². The largest absolute Gasteiger partial charge is 0.309 e. The summed E-state index contributed by atoms with van der Waals surface area (Å²) in [6, 6.07) is 0. The lowest BCUT2D eigenvalue weighted by atomic mass is 10.3. The normalized spacial score (nSPS) is 11.6. The molecule has 5 aromatic rings. The predicted molar refractivity (Wildman–Crippen MR) is 117 cm³/mol. The molecule has 5 aromatic heterocycles. The smallest absolute Gasteiger partial charge is 0.302 e. The minimum atomic E-state index is -0.126. The lowest BCUT2D eigenvalue weighted by Crippen LogP contribution is -2.30. The molecule has 14 heteroatoms. The Morgan fingerprint density at radius 1 is 0.844 bits per heavy atom. The average molecular weight is 474 g/mol. The van der Waals surface area contributed by atoms with E-state index in [0.29, 0.717) is 21.5 Å². The van der Waals surface area contributed by atoms with Crippen molar-refractivity contribution in [2.24, 2.45) is 19.1 Å². The highest BCUT2D eigenvalue weighted by atomic mass is 35.5. The van der Waals surface area contributed by atoms with Crippen molar-refractivity contribution in [3.63, 3.8) is 0 Å². The highest BCUT2D eigenvalue weighted by Gasteiger charge is 2.12. The van der Waals surface area contributed by atoms with Crippen LogP contribution in [0, 0.1) is 0 Å². The van der Waals surface area contributed by atoms with Gasteiger partial charge in [-0.25, -0.2) is 34.1 Å². The van der Waals surface area contributed by atoms with Gasteiger partial charge in [0.2, 0.25) is 18.2 Å². The van der Waals surface area contributed by atoms with Gasteiger partial charge in [-0.15, -0.1) is 0 Å². The summed E-state index contributed by atoms with van der Waals surface area (Å²) in [5.41, 5.74) is 4.27. The fraction of sp³-hybridized carbons (Fsp3) is 0.167. The zero-order valence-electron chi connectivity index (χ0n) is 16.9. The molecule has 0 saturated heterocycles. The van der Waals surface area contributed by atoms with Crippen LogP contribution in [0.4, 0.5) is 5.69 Å². The quantitative estimate of drug-likeness (QED) is 0.224. The molecular weight excluding hydrogens is 457 g/mol. The van der Waals surface area contributed by atoms with Crippen LogP contribution in [0.15, 0.2) is 41.4 Å². The molecular formula is C18H17Cl2N11O+2. The molecule has 0 amide bonds. The monoisotopic (exact) mass is 473 g/mol. The first-order valence-electron chi connectivity index (χ1n) is 9.21. The first kappa shape index (κ1) is 21.5. The molecule has 32 heavy (non-hydrogen) atoms. The Balaban J connectivity index is 0.000000115. The number of hydrogen-bond donors (Lipinski definition) is 3. The van der Waals surface area contributed by atoms with E-state index in [4.69, 9.17) is 23.2 Å². The fourth-order valence-corrected chi connectivity index (χ4v) is 3.40. The molecule has 1 aliphatic rings. The molecule has 6 rings (SSSR count). The molecule has 0 atom stereocenters. The number of nitrogens with zero attached hydrogens (tertiary/aromatic N) is 8. The molecule has 0 fully saturated rings. The van der Waals surface area contributed by atoms with Crippen LogP contribution in [0.5, 0.6) is 0 Å². The maximum Gasteiger partial charge on any atom is 0.302 e. The van der Waals surface area contributed by atoms with Gasteiger partial charge in [0.25, 0.3) is 16.8 Å². The molecule has 12 nitrogen and oxygen atoms in total. The molecule has 1 aliphatic heterocycles. The van der Waals surface area contributed by atoms with Crippen LogP contribution in [0.1, 0.15) is 5.69 Å². The molecule has 3 N–H and O–H groups in total. The average Bonchev–Trinajstić information content (AvgIpc) is 3.50. The number of rotatable bonds is 0. The van der Waals surface area contributed by atoms with Gasteiger partial charge in [0, 0.05) is 12.6 Å².